The second-order valence-corrected chi connectivity index (χ2v) is 4.95. The molecule has 0 aromatic carbocycles. The van der Waals surface area contributed by atoms with E-state index in [-0.39, 0.29) is 0 Å². The molecule has 70 valence electrons. The van der Waals surface area contributed by atoms with Crippen molar-refractivity contribution in [3.05, 3.63) is 0 Å². The first kappa shape index (κ1) is 8.55. The molecule has 3 fully saturated rings. The summed E-state index contributed by atoms with van der Waals surface area (Å²) in [6.45, 7) is 8.97. The lowest BCUT2D eigenvalue weighted by Crippen LogP contribution is -2.53. The zero-order valence-corrected chi connectivity index (χ0v) is 8.47. The van der Waals surface area contributed by atoms with E-state index in [0.29, 0.717) is 5.41 Å². The average molecular weight is 167 g/mol. The fraction of sp³-hybridized carbons (Fsp3) is 1.00. The number of fused-ring (bicyclic) bond motifs is 3. The molecule has 1 unspecified atom stereocenters. The van der Waals surface area contributed by atoms with Gasteiger partial charge in [0, 0.05) is 6.54 Å². The standard InChI is InChI=1S/C11H21N/c1-3-6-11(2)9-12-7-4-10(11)5-8-12/h10H,3-9H2,1-2H3. The zero-order valence-electron chi connectivity index (χ0n) is 8.47. The van der Waals surface area contributed by atoms with Gasteiger partial charge in [0.15, 0.2) is 0 Å². The van der Waals surface area contributed by atoms with Gasteiger partial charge in [-0.2, -0.15) is 0 Å². The van der Waals surface area contributed by atoms with Gasteiger partial charge in [0.1, 0.15) is 0 Å². The van der Waals surface area contributed by atoms with E-state index in [9.17, 15) is 0 Å². The SMILES string of the molecule is CCCC1(C)CN2CCC1CC2. The highest BCUT2D eigenvalue weighted by molar-refractivity contribution is 4.94. The summed E-state index contributed by atoms with van der Waals surface area (Å²) in [4.78, 5) is 2.66. The van der Waals surface area contributed by atoms with Gasteiger partial charge in [-0.15, -0.1) is 0 Å². The van der Waals surface area contributed by atoms with Crippen molar-refractivity contribution in [1.82, 2.24) is 4.90 Å². The van der Waals surface area contributed by atoms with Gasteiger partial charge in [-0.25, -0.2) is 0 Å². The van der Waals surface area contributed by atoms with Gasteiger partial charge >= 0.3 is 0 Å². The normalized spacial score (nSPS) is 46.5. The molecule has 1 heteroatoms. The number of rotatable bonds is 2. The van der Waals surface area contributed by atoms with E-state index in [1.807, 2.05) is 0 Å². The Morgan fingerprint density at radius 1 is 1.33 bits per heavy atom. The minimum absolute atomic E-state index is 0.672. The van der Waals surface area contributed by atoms with Gasteiger partial charge in [-0.1, -0.05) is 20.3 Å². The largest absolute Gasteiger partial charge is 0.303 e. The van der Waals surface area contributed by atoms with Crippen LogP contribution in [0.4, 0.5) is 0 Å². The number of nitrogens with zero attached hydrogens (tertiary/aromatic N) is 1. The van der Waals surface area contributed by atoms with Crippen LogP contribution in [0.2, 0.25) is 0 Å². The predicted octanol–water partition coefficient (Wildman–Crippen LogP) is 2.52. The summed E-state index contributed by atoms with van der Waals surface area (Å²) in [6, 6.07) is 0. The molecule has 0 aromatic rings. The van der Waals surface area contributed by atoms with Crippen molar-refractivity contribution in [2.75, 3.05) is 19.6 Å². The van der Waals surface area contributed by atoms with Gasteiger partial charge in [0.2, 0.25) is 0 Å². The quantitative estimate of drug-likeness (QED) is 0.611. The molecule has 0 N–H and O–H groups in total. The molecule has 0 radical (unpaired) electrons. The Hall–Kier alpha value is -0.0400. The molecule has 3 aliphatic rings. The Balaban J connectivity index is 2.06. The highest BCUT2D eigenvalue weighted by Gasteiger charge is 2.42. The van der Waals surface area contributed by atoms with Crippen molar-refractivity contribution in [1.29, 1.82) is 0 Å². The van der Waals surface area contributed by atoms with Crippen LogP contribution in [0.25, 0.3) is 0 Å². The second kappa shape index (κ2) is 3.02. The van der Waals surface area contributed by atoms with Crippen LogP contribution in [0, 0.1) is 11.3 Å². The summed E-state index contributed by atoms with van der Waals surface area (Å²) in [5.74, 6) is 1.04. The minimum atomic E-state index is 0.672. The summed E-state index contributed by atoms with van der Waals surface area (Å²) < 4.78 is 0. The van der Waals surface area contributed by atoms with Gasteiger partial charge < -0.3 is 4.90 Å². The highest BCUT2D eigenvalue weighted by Crippen LogP contribution is 2.44. The third-order valence-corrected chi connectivity index (χ3v) is 3.98. The maximum Gasteiger partial charge on any atom is 0.00380 e. The molecule has 0 spiro atoms. The van der Waals surface area contributed by atoms with E-state index in [0.717, 1.165) is 5.92 Å². The lowest BCUT2D eigenvalue weighted by Gasteiger charge is -2.52. The number of hydrogen-bond donors (Lipinski definition) is 0. The molecule has 3 saturated heterocycles. The fourth-order valence-corrected chi connectivity index (χ4v) is 3.28. The lowest BCUT2D eigenvalue weighted by atomic mass is 9.66. The predicted molar refractivity (Wildman–Crippen MR) is 52.2 cm³/mol. The van der Waals surface area contributed by atoms with Crippen LogP contribution in [-0.4, -0.2) is 24.5 Å². The first-order chi connectivity index (χ1) is 5.74. The molecule has 0 aromatic heterocycles. The number of hydrogen-bond acceptors (Lipinski definition) is 1. The maximum atomic E-state index is 2.66. The van der Waals surface area contributed by atoms with Crippen molar-refractivity contribution in [3.63, 3.8) is 0 Å². The monoisotopic (exact) mass is 167 g/mol. The van der Waals surface area contributed by atoms with E-state index in [1.165, 1.54) is 45.3 Å². The fourth-order valence-electron chi connectivity index (χ4n) is 3.28. The van der Waals surface area contributed by atoms with Crippen LogP contribution in [0.1, 0.15) is 39.5 Å². The zero-order chi connectivity index (χ0) is 8.60. The summed E-state index contributed by atoms with van der Waals surface area (Å²) in [6.07, 6.45) is 5.74. The van der Waals surface area contributed by atoms with E-state index in [4.69, 9.17) is 0 Å². The topological polar surface area (TPSA) is 3.24 Å². The minimum Gasteiger partial charge on any atom is -0.303 e. The molecule has 3 aliphatic heterocycles. The Morgan fingerprint density at radius 3 is 2.42 bits per heavy atom. The van der Waals surface area contributed by atoms with E-state index >= 15 is 0 Å². The number of piperidine rings is 3. The molecule has 1 nitrogen and oxygen atoms in total. The van der Waals surface area contributed by atoms with E-state index in [2.05, 4.69) is 18.7 Å². The molecule has 3 heterocycles. The summed E-state index contributed by atoms with van der Waals surface area (Å²) in [7, 11) is 0. The van der Waals surface area contributed by atoms with Crippen LogP contribution in [-0.2, 0) is 0 Å². The molecule has 1 atom stereocenters. The summed E-state index contributed by atoms with van der Waals surface area (Å²) in [5.41, 5.74) is 0.672. The van der Waals surface area contributed by atoms with Crippen molar-refractivity contribution < 1.29 is 0 Å². The molecule has 0 amide bonds. The van der Waals surface area contributed by atoms with Crippen LogP contribution in [0.5, 0.6) is 0 Å². The van der Waals surface area contributed by atoms with E-state index < -0.39 is 0 Å². The molecule has 0 saturated carbocycles. The molecular weight excluding hydrogens is 146 g/mol. The lowest BCUT2D eigenvalue weighted by molar-refractivity contribution is -0.0225. The molecule has 3 rings (SSSR count). The van der Waals surface area contributed by atoms with Crippen LogP contribution < -0.4 is 0 Å². The van der Waals surface area contributed by atoms with Gasteiger partial charge in [-0.3, -0.25) is 0 Å². The van der Waals surface area contributed by atoms with Crippen LogP contribution in [0.15, 0.2) is 0 Å². The molecule has 2 bridgehead atoms. The first-order valence-electron chi connectivity index (χ1n) is 5.47. The van der Waals surface area contributed by atoms with Gasteiger partial charge in [-0.05, 0) is 43.7 Å². The summed E-state index contributed by atoms with van der Waals surface area (Å²) in [5, 5.41) is 0. The first-order valence-corrected chi connectivity index (χ1v) is 5.47. The van der Waals surface area contributed by atoms with Crippen molar-refractivity contribution in [2.24, 2.45) is 11.3 Å². The van der Waals surface area contributed by atoms with Crippen molar-refractivity contribution in [3.8, 4) is 0 Å². The maximum absolute atomic E-state index is 2.66. The Morgan fingerprint density at radius 2 is 2.00 bits per heavy atom. The van der Waals surface area contributed by atoms with Crippen LogP contribution >= 0.6 is 0 Å². The highest BCUT2D eigenvalue weighted by atomic mass is 15.2. The Labute approximate surface area is 76.1 Å². The van der Waals surface area contributed by atoms with Crippen molar-refractivity contribution in [2.45, 2.75) is 39.5 Å². The smallest absolute Gasteiger partial charge is 0.00380 e. The summed E-state index contributed by atoms with van der Waals surface area (Å²) >= 11 is 0. The Bertz CT molecular complexity index is 158. The third kappa shape index (κ3) is 1.28. The van der Waals surface area contributed by atoms with Crippen LogP contribution in [0.3, 0.4) is 0 Å². The molecule has 12 heavy (non-hydrogen) atoms. The van der Waals surface area contributed by atoms with E-state index in [1.54, 1.807) is 0 Å². The van der Waals surface area contributed by atoms with Crippen molar-refractivity contribution >= 4 is 0 Å². The van der Waals surface area contributed by atoms with Gasteiger partial charge in [0.05, 0.1) is 0 Å². The Kier molecular flexibility index (Phi) is 2.16. The van der Waals surface area contributed by atoms with Gasteiger partial charge in [0.25, 0.3) is 0 Å². The third-order valence-electron chi connectivity index (χ3n) is 3.98. The second-order valence-electron chi connectivity index (χ2n) is 4.95. The molecule has 0 aliphatic carbocycles. The average Bonchev–Trinajstić information content (AvgIpc) is 2.05. The molecular formula is C11H21N.